The molecular formula is C19H21FN2O4. The van der Waals surface area contributed by atoms with Gasteiger partial charge in [0, 0.05) is 31.1 Å². The first kappa shape index (κ1) is 18.3. The maximum atomic E-state index is 13.4. The minimum absolute atomic E-state index is 0.0736. The molecule has 26 heavy (non-hydrogen) atoms. The van der Waals surface area contributed by atoms with Gasteiger partial charge in [0.2, 0.25) is 0 Å². The standard InChI is InChI=1S/C19H21FN2O4/c1-12-16(9-13-4-5-14(20)10-17(13)21-12)19(25)22(7-6-18(23)24)11-15-3-2-8-26-15/h4-5,9-10,15H,2-3,6-8,11H2,1H3,(H,23,24)/t15-/m0/s1. The Morgan fingerprint density at radius 2 is 2.19 bits per heavy atom. The summed E-state index contributed by atoms with van der Waals surface area (Å²) >= 11 is 0. The van der Waals surface area contributed by atoms with Crippen LogP contribution in [0.3, 0.4) is 0 Å². The van der Waals surface area contributed by atoms with Gasteiger partial charge < -0.3 is 14.7 Å². The highest BCUT2D eigenvalue weighted by Gasteiger charge is 2.25. The fourth-order valence-corrected chi connectivity index (χ4v) is 3.16. The maximum absolute atomic E-state index is 13.4. The van der Waals surface area contributed by atoms with Crippen molar-refractivity contribution in [1.82, 2.24) is 9.88 Å². The van der Waals surface area contributed by atoms with E-state index < -0.39 is 5.97 Å². The number of fused-ring (bicyclic) bond motifs is 1. The SMILES string of the molecule is Cc1nc2cc(F)ccc2cc1C(=O)N(CCC(=O)O)C[C@@H]1CCCO1. The molecule has 1 fully saturated rings. The average molecular weight is 360 g/mol. The number of carboxylic acid groups (broad SMARTS) is 1. The molecule has 1 aliphatic heterocycles. The number of carbonyl (C=O) groups is 2. The number of pyridine rings is 1. The van der Waals surface area contributed by atoms with E-state index in [2.05, 4.69) is 4.98 Å². The molecule has 0 saturated carbocycles. The second kappa shape index (κ2) is 7.78. The smallest absolute Gasteiger partial charge is 0.305 e. The minimum atomic E-state index is -0.959. The molecular weight excluding hydrogens is 339 g/mol. The predicted molar refractivity (Wildman–Crippen MR) is 93.6 cm³/mol. The molecule has 2 heterocycles. The van der Waals surface area contributed by atoms with Crippen LogP contribution in [0.2, 0.25) is 0 Å². The van der Waals surface area contributed by atoms with E-state index in [1.807, 2.05) is 0 Å². The number of aromatic nitrogens is 1. The zero-order valence-electron chi connectivity index (χ0n) is 14.6. The summed E-state index contributed by atoms with van der Waals surface area (Å²) in [5, 5.41) is 9.64. The number of ether oxygens (including phenoxy) is 1. The van der Waals surface area contributed by atoms with Crippen molar-refractivity contribution >= 4 is 22.8 Å². The van der Waals surface area contributed by atoms with E-state index in [0.717, 1.165) is 12.8 Å². The fraction of sp³-hybridized carbons (Fsp3) is 0.421. The molecule has 1 N–H and O–H groups in total. The number of hydrogen-bond acceptors (Lipinski definition) is 4. The average Bonchev–Trinajstić information content (AvgIpc) is 3.10. The number of aryl methyl sites for hydroxylation is 1. The molecule has 0 unspecified atom stereocenters. The third-order valence-corrected chi connectivity index (χ3v) is 4.53. The lowest BCUT2D eigenvalue weighted by Gasteiger charge is -2.25. The van der Waals surface area contributed by atoms with Gasteiger partial charge in [-0.25, -0.2) is 4.39 Å². The highest BCUT2D eigenvalue weighted by molar-refractivity contribution is 5.98. The summed E-state index contributed by atoms with van der Waals surface area (Å²) in [6.07, 6.45) is 1.58. The predicted octanol–water partition coefficient (Wildman–Crippen LogP) is 2.78. The van der Waals surface area contributed by atoms with Crippen molar-refractivity contribution in [2.45, 2.75) is 32.3 Å². The number of carbonyl (C=O) groups excluding carboxylic acids is 1. The zero-order valence-corrected chi connectivity index (χ0v) is 14.6. The van der Waals surface area contributed by atoms with Crippen LogP contribution in [0, 0.1) is 12.7 Å². The summed E-state index contributed by atoms with van der Waals surface area (Å²) in [7, 11) is 0. The van der Waals surface area contributed by atoms with Crippen LogP contribution >= 0.6 is 0 Å². The first-order chi connectivity index (χ1) is 12.4. The largest absolute Gasteiger partial charge is 0.481 e. The fourth-order valence-electron chi connectivity index (χ4n) is 3.16. The Kier molecular flexibility index (Phi) is 5.46. The van der Waals surface area contributed by atoms with Gasteiger partial charge >= 0.3 is 5.97 Å². The number of hydrogen-bond donors (Lipinski definition) is 1. The molecule has 1 saturated heterocycles. The lowest BCUT2D eigenvalue weighted by Crippen LogP contribution is -2.39. The van der Waals surface area contributed by atoms with E-state index in [1.165, 1.54) is 17.0 Å². The van der Waals surface area contributed by atoms with Crippen LogP contribution in [0.25, 0.3) is 10.9 Å². The van der Waals surface area contributed by atoms with Crippen molar-refractivity contribution in [3.05, 3.63) is 41.3 Å². The Morgan fingerprint density at radius 3 is 2.88 bits per heavy atom. The van der Waals surface area contributed by atoms with Gasteiger partial charge in [0.05, 0.1) is 29.3 Å². The number of amides is 1. The van der Waals surface area contributed by atoms with Gasteiger partial charge in [0.25, 0.3) is 5.91 Å². The first-order valence-electron chi connectivity index (χ1n) is 8.63. The molecule has 6 nitrogen and oxygen atoms in total. The van der Waals surface area contributed by atoms with Gasteiger partial charge in [-0.1, -0.05) is 0 Å². The highest BCUT2D eigenvalue weighted by atomic mass is 19.1. The number of aliphatic carboxylic acids is 1. The quantitative estimate of drug-likeness (QED) is 0.857. The molecule has 0 aliphatic carbocycles. The summed E-state index contributed by atoms with van der Waals surface area (Å²) < 4.78 is 19.0. The van der Waals surface area contributed by atoms with E-state index in [1.54, 1.807) is 19.1 Å². The minimum Gasteiger partial charge on any atom is -0.481 e. The van der Waals surface area contributed by atoms with Gasteiger partial charge in [-0.05, 0) is 38.0 Å². The second-order valence-corrected chi connectivity index (χ2v) is 6.49. The lowest BCUT2D eigenvalue weighted by atomic mass is 10.1. The Balaban J connectivity index is 1.88. The van der Waals surface area contributed by atoms with Crippen LogP contribution in [0.15, 0.2) is 24.3 Å². The van der Waals surface area contributed by atoms with Crippen molar-refractivity contribution < 1.29 is 23.8 Å². The summed E-state index contributed by atoms with van der Waals surface area (Å²) in [6.45, 7) is 2.81. The van der Waals surface area contributed by atoms with E-state index in [-0.39, 0.29) is 30.8 Å². The number of halogens is 1. The Hall–Kier alpha value is -2.54. The third kappa shape index (κ3) is 4.16. The van der Waals surface area contributed by atoms with Crippen LogP contribution in [0.5, 0.6) is 0 Å². The lowest BCUT2D eigenvalue weighted by molar-refractivity contribution is -0.137. The monoisotopic (exact) mass is 360 g/mol. The van der Waals surface area contributed by atoms with E-state index in [9.17, 15) is 14.0 Å². The van der Waals surface area contributed by atoms with Gasteiger partial charge in [-0.15, -0.1) is 0 Å². The second-order valence-electron chi connectivity index (χ2n) is 6.49. The zero-order chi connectivity index (χ0) is 18.7. The van der Waals surface area contributed by atoms with Crippen molar-refractivity contribution in [2.24, 2.45) is 0 Å². The van der Waals surface area contributed by atoms with Crippen LogP contribution in [0.1, 0.15) is 35.3 Å². The highest BCUT2D eigenvalue weighted by Crippen LogP contribution is 2.21. The Labute approximate surface area is 150 Å². The van der Waals surface area contributed by atoms with Gasteiger partial charge in [-0.2, -0.15) is 0 Å². The van der Waals surface area contributed by atoms with Gasteiger partial charge in [0.1, 0.15) is 5.82 Å². The van der Waals surface area contributed by atoms with E-state index in [0.29, 0.717) is 35.3 Å². The van der Waals surface area contributed by atoms with Gasteiger partial charge in [0.15, 0.2) is 0 Å². The summed E-state index contributed by atoms with van der Waals surface area (Å²) in [4.78, 5) is 29.8. The molecule has 1 aromatic carbocycles. The van der Waals surface area contributed by atoms with Crippen LogP contribution in [0.4, 0.5) is 4.39 Å². The molecule has 3 rings (SSSR count). The van der Waals surface area contributed by atoms with Crippen LogP contribution in [-0.4, -0.2) is 52.7 Å². The summed E-state index contributed by atoms with van der Waals surface area (Å²) in [6, 6.07) is 5.91. The Morgan fingerprint density at radius 1 is 1.38 bits per heavy atom. The van der Waals surface area contributed by atoms with Crippen molar-refractivity contribution in [3.63, 3.8) is 0 Å². The molecule has 0 spiro atoms. The molecule has 7 heteroatoms. The Bertz CT molecular complexity index is 834. The number of carboxylic acids is 1. The summed E-state index contributed by atoms with van der Waals surface area (Å²) in [5.41, 5.74) is 1.36. The van der Waals surface area contributed by atoms with Crippen molar-refractivity contribution in [3.8, 4) is 0 Å². The van der Waals surface area contributed by atoms with Gasteiger partial charge in [-0.3, -0.25) is 14.6 Å². The summed E-state index contributed by atoms with van der Waals surface area (Å²) in [5.74, 6) is -1.62. The molecule has 2 aromatic rings. The molecule has 138 valence electrons. The third-order valence-electron chi connectivity index (χ3n) is 4.53. The van der Waals surface area contributed by atoms with Crippen LogP contribution < -0.4 is 0 Å². The van der Waals surface area contributed by atoms with Crippen LogP contribution in [-0.2, 0) is 9.53 Å². The number of benzene rings is 1. The molecule has 0 radical (unpaired) electrons. The number of nitrogens with zero attached hydrogens (tertiary/aromatic N) is 2. The molecule has 1 aromatic heterocycles. The van der Waals surface area contributed by atoms with E-state index in [4.69, 9.17) is 9.84 Å². The normalized spacial score (nSPS) is 16.8. The topological polar surface area (TPSA) is 79.7 Å². The number of rotatable bonds is 6. The van der Waals surface area contributed by atoms with Crippen molar-refractivity contribution in [2.75, 3.05) is 19.7 Å². The van der Waals surface area contributed by atoms with Crippen molar-refractivity contribution in [1.29, 1.82) is 0 Å². The molecule has 1 atom stereocenters. The van der Waals surface area contributed by atoms with E-state index >= 15 is 0 Å². The molecule has 1 aliphatic rings. The first-order valence-corrected chi connectivity index (χ1v) is 8.63. The molecule has 1 amide bonds. The maximum Gasteiger partial charge on any atom is 0.305 e. The molecule has 0 bridgehead atoms.